The predicted molar refractivity (Wildman–Crippen MR) is 74.1 cm³/mol. The van der Waals surface area contributed by atoms with E-state index in [1.165, 1.54) is 0 Å². The highest BCUT2D eigenvalue weighted by molar-refractivity contribution is 5.94. The smallest absolute Gasteiger partial charge is 0.253 e. The molecule has 0 unspecified atom stereocenters. The SMILES string of the molecule is CN(C)c1cc(NC(=O)[C@@H]2CC[C@H](CN)O2)ccn1. The van der Waals surface area contributed by atoms with Crippen molar-refractivity contribution >= 4 is 17.4 Å². The molecule has 1 saturated heterocycles. The Morgan fingerprint density at radius 3 is 3.00 bits per heavy atom. The number of hydrogen-bond donors (Lipinski definition) is 2. The van der Waals surface area contributed by atoms with Crippen LogP contribution in [0.1, 0.15) is 12.8 Å². The average molecular weight is 264 g/mol. The average Bonchev–Trinajstić information content (AvgIpc) is 2.88. The summed E-state index contributed by atoms with van der Waals surface area (Å²) >= 11 is 0. The maximum absolute atomic E-state index is 12.0. The van der Waals surface area contributed by atoms with E-state index in [0.29, 0.717) is 6.54 Å². The Kier molecular flexibility index (Phi) is 4.34. The molecule has 2 rings (SSSR count). The van der Waals surface area contributed by atoms with Crippen molar-refractivity contribution in [2.24, 2.45) is 5.73 Å². The van der Waals surface area contributed by atoms with Gasteiger partial charge in [0.2, 0.25) is 0 Å². The number of anilines is 2. The van der Waals surface area contributed by atoms with Crippen molar-refractivity contribution in [3.63, 3.8) is 0 Å². The summed E-state index contributed by atoms with van der Waals surface area (Å²) in [5, 5.41) is 2.85. The molecular weight excluding hydrogens is 244 g/mol. The molecule has 1 aliphatic heterocycles. The van der Waals surface area contributed by atoms with Crippen molar-refractivity contribution < 1.29 is 9.53 Å². The van der Waals surface area contributed by atoms with Gasteiger partial charge in [-0.25, -0.2) is 4.98 Å². The number of pyridine rings is 1. The zero-order valence-corrected chi connectivity index (χ0v) is 11.3. The third-order valence-corrected chi connectivity index (χ3v) is 3.13. The van der Waals surface area contributed by atoms with Crippen molar-refractivity contribution in [1.82, 2.24) is 4.98 Å². The molecule has 6 heteroatoms. The summed E-state index contributed by atoms with van der Waals surface area (Å²) in [6.45, 7) is 0.462. The highest BCUT2D eigenvalue weighted by Gasteiger charge is 2.29. The fraction of sp³-hybridized carbons (Fsp3) is 0.538. The van der Waals surface area contributed by atoms with Crippen molar-refractivity contribution in [3.8, 4) is 0 Å². The van der Waals surface area contributed by atoms with Gasteiger partial charge in [0.05, 0.1) is 6.10 Å². The van der Waals surface area contributed by atoms with Crippen LogP contribution in [0, 0.1) is 0 Å². The van der Waals surface area contributed by atoms with E-state index in [2.05, 4.69) is 10.3 Å². The van der Waals surface area contributed by atoms with E-state index < -0.39 is 6.10 Å². The number of ether oxygens (including phenoxy) is 1. The molecule has 0 radical (unpaired) electrons. The highest BCUT2D eigenvalue weighted by Crippen LogP contribution is 2.21. The summed E-state index contributed by atoms with van der Waals surface area (Å²) in [5.74, 6) is 0.678. The second-order valence-corrected chi connectivity index (χ2v) is 4.85. The summed E-state index contributed by atoms with van der Waals surface area (Å²) in [4.78, 5) is 18.1. The molecule has 1 amide bonds. The van der Waals surface area contributed by atoms with Gasteiger partial charge in [0.15, 0.2) is 0 Å². The van der Waals surface area contributed by atoms with Gasteiger partial charge in [-0.05, 0) is 18.9 Å². The van der Waals surface area contributed by atoms with Gasteiger partial charge in [-0.2, -0.15) is 0 Å². The fourth-order valence-corrected chi connectivity index (χ4v) is 2.04. The molecule has 0 aromatic carbocycles. The Morgan fingerprint density at radius 1 is 1.58 bits per heavy atom. The van der Waals surface area contributed by atoms with Crippen molar-refractivity contribution in [3.05, 3.63) is 18.3 Å². The van der Waals surface area contributed by atoms with E-state index in [0.717, 1.165) is 24.3 Å². The van der Waals surface area contributed by atoms with Gasteiger partial charge >= 0.3 is 0 Å². The van der Waals surface area contributed by atoms with E-state index >= 15 is 0 Å². The number of nitrogens with zero attached hydrogens (tertiary/aromatic N) is 2. The largest absolute Gasteiger partial charge is 0.364 e. The third kappa shape index (κ3) is 3.42. The summed E-state index contributed by atoms with van der Waals surface area (Å²) in [6, 6.07) is 3.59. The van der Waals surface area contributed by atoms with Crippen LogP contribution in [-0.2, 0) is 9.53 Å². The monoisotopic (exact) mass is 264 g/mol. The maximum Gasteiger partial charge on any atom is 0.253 e. The molecule has 1 aliphatic rings. The number of aromatic nitrogens is 1. The van der Waals surface area contributed by atoms with Gasteiger partial charge in [-0.3, -0.25) is 4.79 Å². The number of carbonyl (C=O) groups excluding carboxylic acids is 1. The Labute approximate surface area is 112 Å². The van der Waals surface area contributed by atoms with E-state index in [9.17, 15) is 4.79 Å². The van der Waals surface area contributed by atoms with Crippen LogP contribution >= 0.6 is 0 Å². The standard InChI is InChI=1S/C13H20N4O2/c1-17(2)12-7-9(5-6-15-12)16-13(18)11-4-3-10(8-14)19-11/h5-7,10-11H,3-4,8,14H2,1-2H3,(H,15,16,18)/t10-,11+/m1/s1. The molecular formula is C13H20N4O2. The molecule has 19 heavy (non-hydrogen) atoms. The van der Waals surface area contributed by atoms with Gasteiger partial charge in [0.1, 0.15) is 11.9 Å². The van der Waals surface area contributed by atoms with Gasteiger partial charge in [0, 0.05) is 38.6 Å². The third-order valence-electron chi connectivity index (χ3n) is 3.13. The summed E-state index contributed by atoms with van der Waals surface area (Å²) in [7, 11) is 3.81. The first kappa shape index (κ1) is 13.8. The molecule has 0 spiro atoms. The van der Waals surface area contributed by atoms with Crippen LogP contribution in [0.4, 0.5) is 11.5 Å². The molecule has 1 fully saturated rings. The van der Waals surface area contributed by atoms with Crippen molar-refractivity contribution in [1.29, 1.82) is 0 Å². The first-order valence-electron chi connectivity index (χ1n) is 6.40. The first-order chi connectivity index (χ1) is 9.10. The van der Waals surface area contributed by atoms with Crippen LogP contribution in [0.5, 0.6) is 0 Å². The number of rotatable bonds is 4. The van der Waals surface area contributed by atoms with Crippen LogP contribution in [0.2, 0.25) is 0 Å². The molecule has 0 saturated carbocycles. The number of carbonyl (C=O) groups is 1. The molecule has 1 aromatic heterocycles. The number of nitrogens with two attached hydrogens (primary N) is 1. The quantitative estimate of drug-likeness (QED) is 0.832. The number of amides is 1. The second kappa shape index (κ2) is 5.99. The summed E-state index contributed by atoms with van der Waals surface area (Å²) in [6.07, 6.45) is 2.84. The van der Waals surface area contributed by atoms with Crippen LogP contribution in [0.25, 0.3) is 0 Å². The predicted octanol–water partition coefficient (Wildman–Crippen LogP) is 0.592. The van der Waals surface area contributed by atoms with Crippen LogP contribution in [-0.4, -0.2) is 43.7 Å². The van der Waals surface area contributed by atoms with Crippen molar-refractivity contribution in [2.45, 2.75) is 25.0 Å². The number of hydrogen-bond acceptors (Lipinski definition) is 5. The topological polar surface area (TPSA) is 80.5 Å². The zero-order valence-electron chi connectivity index (χ0n) is 11.3. The Hall–Kier alpha value is -1.66. The van der Waals surface area contributed by atoms with Crippen LogP contribution < -0.4 is 16.0 Å². The minimum Gasteiger partial charge on any atom is -0.364 e. The molecule has 6 nitrogen and oxygen atoms in total. The maximum atomic E-state index is 12.0. The van der Waals surface area contributed by atoms with E-state index in [-0.39, 0.29) is 12.0 Å². The first-order valence-corrected chi connectivity index (χ1v) is 6.40. The second-order valence-electron chi connectivity index (χ2n) is 4.85. The van der Waals surface area contributed by atoms with Crippen LogP contribution in [0.15, 0.2) is 18.3 Å². The molecule has 2 heterocycles. The fourth-order valence-electron chi connectivity index (χ4n) is 2.04. The van der Waals surface area contributed by atoms with Gasteiger partial charge in [-0.1, -0.05) is 0 Å². The Balaban J connectivity index is 1.97. The van der Waals surface area contributed by atoms with Crippen molar-refractivity contribution in [2.75, 3.05) is 30.9 Å². The van der Waals surface area contributed by atoms with Gasteiger partial charge < -0.3 is 20.7 Å². The number of nitrogens with one attached hydrogen (secondary N) is 1. The molecule has 0 bridgehead atoms. The van der Waals surface area contributed by atoms with E-state index in [1.807, 2.05) is 25.1 Å². The van der Waals surface area contributed by atoms with Gasteiger partial charge in [0.25, 0.3) is 5.91 Å². The zero-order chi connectivity index (χ0) is 13.8. The van der Waals surface area contributed by atoms with E-state index in [4.69, 9.17) is 10.5 Å². The molecule has 0 aliphatic carbocycles. The summed E-state index contributed by atoms with van der Waals surface area (Å²) in [5.41, 5.74) is 6.26. The lowest BCUT2D eigenvalue weighted by molar-refractivity contribution is -0.126. The van der Waals surface area contributed by atoms with Crippen LogP contribution in [0.3, 0.4) is 0 Å². The summed E-state index contributed by atoms with van der Waals surface area (Å²) < 4.78 is 5.56. The van der Waals surface area contributed by atoms with Gasteiger partial charge in [-0.15, -0.1) is 0 Å². The Bertz CT molecular complexity index is 450. The highest BCUT2D eigenvalue weighted by atomic mass is 16.5. The lowest BCUT2D eigenvalue weighted by Gasteiger charge is -2.15. The Morgan fingerprint density at radius 2 is 2.37 bits per heavy atom. The normalized spacial score (nSPS) is 22.3. The molecule has 2 atom stereocenters. The molecule has 3 N–H and O–H groups in total. The lowest BCUT2D eigenvalue weighted by Crippen LogP contribution is -2.29. The van der Waals surface area contributed by atoms with E-state index in [1.54, 1.807) is 12.3 Å². The molecule has 104 valence electrons. The lowest BCUT2D eigenvalue weighted by atomic mass is 10.2. The minimum atomic E-state index is -0.399. The molecule has 1 aromatic rings. The minimum absolute atomic E-state index is 0.00512.